The molecular weight excluding hydrogens is 356 g/mol. The van der Waals surface area contributed by atoms with Crippen LogP contribution in [0.25, 0.3) is 0 Å². The Morgan fingerprint density at radius 3 is 2.79 bits per heavy atom. The van der Waals surface area contributed by atoms with Crippen molar-refractivity contribution in [3.05, 3.63) is 65.0 Å². The molecule has 0 spiro atoms. The average Bonchev–Trinajstić information content (AvgIpc) is 2.78. The van der Waals surface area contributed by atoms with Crippen molar-refractivity contribution < 1.29 is 0 Å². The van der Waals surface area contributed by atoms with E-state index in [9.17, 15) is 0 Å². The zero-order chi connectivity index (χ0) is 21.3. The summed E-state index contributed by atoms with van der Waals surface area (Å²) < 4.78 is 0. The maximum atomic E-state index is 5.38. The molecule has 158 valence electrons. The number of pyridine rings is 1. The summed E-state index contributed by atoms with van der Waals surface area (Å²) >= 11 is 0. The van der Waals surface area contributed by atoms with Crippen LogP contribution < -0.4 is 16.4 Å². The topological polar surface area (TPSA) is 63.0 Å². The van der Waals surface area contributed by atoms with Gasteiger partial charge < -0.3 is 16.4 Å². The van der Waals surface area contributed by atoms with Gasteiger partial charge in [-0.25, -0.2) is 0 Å². The molecule has 0 bridgehead atoms. The van der Waals surface area contributed by atoms with E-state index in [1.807, 2.05) is 18.3 Å². The molecule has 1 aromatic heterocycles. The molecule has 0 fully saturated rings. The zero-order valence-corrected chi connectivity index (χ0v) is 18.2. The van der Waals surface area contributed by atoms with Crippen molar-refractivity contribution in [1.29, 1.82) is 0 Å². The molecule has 1 aliphatic heterocycles. The second-order valence-corrected chi connectivity index (χ2v) is 7.27. The van der Waals surface area contributed by atoms with Gasteiger partial charge in [-0.3, -0.25) is 4.98 Å². The Labute approximate surface area is 177 Å². The molecule has 1 unspecified atom stereocenters. The second-order valence-electron chi connectivity index (χ2n) is 7.27. The normalized spacial score (nSPS) is 18.6. The summed E-state index contributed by atoms with van der Waals surface area (Å²) in [6, 6.07) is 4.77. The van der Waals surface area contributed by atoms with E-state index in [1.165, 1.54) is 48.1 Å². The standard InChI is InChI=1S/C14H25N3.C9H11N.C2H2/c1-3-6-13-9-14(17-10-12(13)2)11-16-8-5-4-7-15;1-2-6-9-8(4-1)5-3-7-10-9;1-2/h3-6,14,16-17H,7-11,15H2,1-2H3;3,5,7H,1-2,4,6H2;1-2H/b5-4+,6-3-;;. The minimum Gasteiger partial charge on any atom is -0.327 e. The lowest BCUT2D eigenvalue weighted by atomic mass is 9.96. The van der Waals surface area contributed by atoms with Gasteiger partial charge in [0, 0.05) is 44.1 Å². The molecule has 4 N–H and O–H groups in total. The number of nitrogens with two attached hydrogens (primary N) is 1. The predicted molar refractivity (Wildman–Crippen MR) is 126 cm³/mol. The third-order valence-electron chi connectivity index (χ3n) is 5.09. The van der Waals surface area contributed by atoms with Crippen LogP contribution in [-0.2, 0) is 12.8 Å². The second kappa shape index (κ2) is 15.7. The number of terminal acetylenes is 1. The number of fused-ring (bicyclic) bond motifs is 1. The van der Waals surface area contributed by atoms with E-state index >= 15 is 0 Å². The van der Waals surface area contributed by atoms with Crippen molar-refractivity contribution in [2.24, 2.45) is 5.73 Å². The Morgan fingerprint density at radius 1 is 1.28 bits per heavy atom. The monoisotopic (exact) mass is 394 g/mol. The van der Waals surface area contributed by atoms with Gasteiger partial charge in [-0.05, 0) is 63.2 Å². The molecule has 29 heavy (non-hydrogen) atoms. The SMILES string of the molecule is C#C.C/C=C\C1=C(C)CNC(CNC/C=C/CN)C1.c1cnc2c(c1)CCCC2. The molecule has 0 aromatic carbocycles. The van der Waals surface area contributed by atoms with Crippen LogP contribution in [0.3, 0.4) is 0 Å². The van der Waals surface area contributed by atoms with Gasteiger partial charge in [0.2, 0.25) is 0 Å². The van der Waals surface area contributed by atoms with Gasteiger partial charge in [0.1, 0.15) is 0 Å². The number of nitrogens with one attached hydrogen (secondary N) is 2. The summed E-state index contributed by atoms with van der Waals surface area (Å²) in [5, 5.41) is 6.96. The Bertz CT molecular complexity index is 660. The lowest BCUT2D eigenvalue weighted by molar-refractivity contribution is 0.479. The smallest absolute Gasteiger partial charge is 0.0435 e. The zero-order valence-electron chi connectivity index (χ0n) is 18.2. The average molecular weight is 395 g/mol. The molecule has 0 amide bonds. The maximum absolute atomic E-state index is 5.38. The highest BCUT2D eigenvalue weighted by Gasteiger charge is 2.15. The lowest BCUT2D eigenvalue weighted by Crippen LogP contribution is -2.42. The van der Waals surface area contributed by atoms with Crippen LogP contribution >= 0.6 is 0 Å². The van der Waals surface area contributed by atoms with Gasteiger partial charge >= 0.3 is 0 Å². The van der Waals surface area contributed by atoms with Gasteiger partial charge in [0.25, 0.3) is 0 Å². The van der Waals surface area contributed by atoms with Crippen LogP contribution in [0.4, 0.5) is 0 Å². The number of nitrogens with zero attached hydrogens (tertiary/aromatic N) is 1. The number of hydrogen-bond donors (Lipinski definition) is 3. The third kappa shape index (κ3) is 9.71. The molecule has 1 atom stereocenters. The Hall–Kier alpha value is -2.19. The highest BCUT2D eigenvalue weighted by molar-refractivity contribution is 5.28. The van der Waals surface area contributed by atoms with Gasteiger partial charge in [-0.2, -0.15) is 0 Å². The van der Waals surface area contributed by atoms with Crippen molar-refractivity contribution in [3.8, 4) is 12.8 Å². The summed E-state index contributed by atoms with van der Waals surface area (Å²) in [4.78, 5) is 4.32. The van der Waals surface area contributed by atoms with Crippen molar-refractivity contribution in [2.45, 2.75) is 52.0 Å². The summed E-state index contributed by atoms with van der Waals surface area (Å²) in [5.74, 6) is 0. The van der Waals surface area contributed by atoms with Gasteiger partial charge in [-0.15, -0.1) is 12.8 Å². The fraction of sp³-hybridized carbons (Fsp3) is 0.480. The van der Waals surface area contributed by atoms with Crippen molar-refractivity contribution in [1.82, 2.24) is 15.6 Å². The minimum atomic E-state index is 0.538. The van der Waals surface area contributed by atoms with Crippen molar-refractivity contribution >= 4 is 0 Å². The molecule has 1 aliphatic carbocycles. The lowest BCUT2D eigenvalue weighted by Gasteiger charge is -2.26. The number of aryl methyl sites for hydroxylation is 2. The number of aromatic nitrogens is 1. The van der Waals surface area contributed by atoms with Crippen LogP contribution in [0.5, 0.6) is 0 Å². The largest absolute Gasteiger partial charge is 0.327 e. The van der Waals surface area contributed by atoms with E-state index in [4.69, 9.17) is 5.73 Å². The van der Waals surface area contributed by atoms with Crippen molar-refractivity contribution in [3.63, 3.8) is 0 Å². The molecular formula is C25H38N4. The van der Waals surface area contributed by atoms with Gasteiger partial charge in [0.15, 0.2) is 0 Å². The molecule has 4 heteroatoms. The van der Waals surface area contributed by atoms with Crippen LogP contribution in [-0.4, -0.2) is 37.2 Å². The van der Waals surface area contributed by atoms with Gasteiger partial charge in [0.05, 0.1) is 0 Å². The quantitative estimate of drug-likeness (QED) is 0.392. The molecule has 1 aromatic rings. The summed E-state index contributed by atoms with van der Waals surface area (Å²) in [6.45, 7) is 7.81. The molecule has 2 heterocycles. The number of hydrogen-bond acceptors (Lipinski definition) is 4. The Kier molecular flexibility index (Phi) is 13.5. The molecule has 0 saturated heterocycles. The highest BCUT2D eigenvalue weighted by atomic mass is 15.0. The fourth-order valence-corrected chi connectivity index (χ4v) is 3.53. The summed E-state index contributed by atoms with van der Waals surface area (Å²) in [6.07, 6.45) is 24.5. The molecule has 0 saturated carbocycles. The number of rotatable bonds is 6. The van der Waals surface area contributed by atoms with Crippen LogP contribution in [0.15, 0.2) is 53.8 Å². The first-order valence-corrected chi connectivity index (χ1v) is 10.6. The van der Waals surface area contributed by atoms with Crippen molar-refractivity contribution in [2.75, 3.05) is 26.2 Å². The van der Waals surface area contributed by atoms with Crippen LogP contribution in [0, 0.1) is 12.8 Å². The predicted octanol–water partition coefficient (Wildman–Crippen LogP) is 3.56. The first-order chi connectivity index (χ1) is 14.2. The number of allylic oxidation sites excluding steroid dienone is 2. The molecule has 4 nitrogen and oxygen atoms in total. The Morgan fingerprint density at radius 2 is 2.07 bits per heavy atom. The maximum Gasteiger partial charge on any atom is 0.0435 e. The van der Waals surface area contributed by atoms with E-state index < -0.39 is 0 Å². The summed E-state index contributed by atoms with van der Waals surface area (Å²) in [5.41, 5.74) is 11.1. The first-order valence-electron chi connectivity index (χ1n) is 10.6. The van der Waals surface area contributed by atoms with Crippen LogP contribution in [0.2, 0.25) is 0 Å². The van der Waals surface area contributed by atoms with Crippen LogP contribution in [0.1, 0.15) is 44.4 Å². The van der Waals surface area contributed by atoms with E-state index in [-0.39, 0.29) is 0 Å². The van der Waals surface area contributed by atoms with E-state index in [2.05, 4.69) is 66.6 Å². The Balaban J connectivity index is 0.000000295. The molecule has 3 rings (SSSR count). The molecule has 0 radical (unpaired) electrons. The first kappa shape index (κ1) is 24.8. The fourth-order valence-electron chi connectivity index (χ4n) is 3.53. The van der Waals surface area contributed by atoms with E-state index in [0.29, 0.717) is 12.6 Å². The van der Waals surface area contributed by atoms with E-state index in [0.717, 1.165) is 26.1 Å². The minimum absolute atomic E-state index is 0.538. The third-order valence-corrected chi connectivity index (χ3v) is 5.09. The summed E-state index contributed by atoms with van der Waals surface area (Å²) in [7, 11) is 0. The molecule has 2 aliphatic rings. The van der Waals surface area contributed by atoms with E-state index in [1.54, 1.807) is 0 Å². The highest BCUT2D eigenvalue weighted by Crippen LogP contribution is 2.18. The van der Waals surface area contributed by atoms with Gasteiger partial charge in [-0.1, -0.05) is 35.9 Å².